The highest BCUT2D eigenvalue weighted by atomic mass is 16.3. The maximum Gasteiger partial charge on any atom is 0.258 e. The lowest BCUT2D eigenvalue weighted by Gasteiger charge is -2.48. The zero-order valence-corrected chi connectivity index (χ0v) is 12.9. The molecule has 5 heteroatoms. The highest BCUT2D eigenvalue weighted by molar-refractivity contribution is 5.99. The van der Waals surface area contributed by atoms with Crippen LogP contribution < -0.4 is 0 Å². The summed E-state index contributed by atoms with van der Waals surface area (Å²) in [6, 6.07) is 6.08. The molecule has 0 saturated carbocycles. The van der Waals surface area contributed by atoms with E-state index in [-0.39, 0.29) is 5.91 Å². The van der Waals surface area contributed by atoms with Crippen LogP contribution >= 0.6 is 0 Å². The molecule has 4 aliphatic rings. The van der Waals surface area contributed by atoms with E-state index in [2.05, 4.69) is 9.88 Å². The Morgan fingerprint density at radius 1 is 1.26 bits per heavy atom. The lowest BCUT2D eigenvalue weighted by atomic mass is 9.83. The van der Waals surface area contributed by atoms with E-state index in [1.807, 2.05) is 23.1 Å². The molecule has 0 aliphatic carbocycles. The molecular formula is C18H19N3O2. The van der Waals surface area contributed by atoms with E-state index in [9.17, 15) is 4.79 Å². The minimum Gasteiger partial charge on any atom is -0.458 e. The first-order chi connectivity index (χ1) is 11.3. The van der Waals surface area contributed by atoms with Gasteiger partial charge < -0.3 is 14.2 Å². The number of carbonyl (C=O) groups excluding carboxylic acids is 1. The number of fused-ring (bicyclic) bond motifs is 4. The molecule has 1 amide bonds. The lowest BCUT2D eigenvalue weighted by Crippen LogP contribution is -2.57. The van der Waals surface area contributed by atoms with Crippen molar-refractivity contribution in [2.45, 2.75) is 25.4 Å². The fraction of sp³-hybridized carbons (Fsp3) is 0.444. The molecule has 1 atom stereocenters. The Kier molecular flexibility index (Phi) is 2.85. The van der Waals surface area contributed by atoms with Gasteiger partial charge in [0.1, 0.15) is 11.5 Å². The standard InChI is InChI=1S/C18H19N3O2/c22-18-14-8-16(13-2-1-5-19-9-13)23-17(14)11-21(18)15-10-20-6-3-12(15)4-7-20/h1-2,5,8-9,12,15H,3-4,6-7,10-11H2. The molecule has 2 aromatic heterocycles. The number of nitrogens with zero attached hydrogens (tertiary/aromatic N) is 3. The average molecular weight is 309 g/mol. The topological polar surface area (TPSA) is 49.6 Å². The van der Waals surface area contributed by atoms with Crippen molar-refractivity contribution in [1.82, 2.24) is 14.8 Å². The van der Waals surface area contributed by atoms with Crippen LogP contribution in [-0.4, -0.2) is 46.4 Å². The Hall–Kier alpha value is -2.14. The van der Waals surface area contributed by atoms with Gasteiger partial charge in [0.25, 0.3) is 5.91 Å². The molecule has 2 bridgehead atoms. The van der Waals surface area contributed by atoms with Crippen LogP contribution in [0.2, 0.25) is 0 Å². The Bertz CT molecular complexity index is 747. The fourth-order valence-corrected chi connectivity index (χ4v) is 4.31. The molecule has 2 aromatic rings. The van der Waals surface area contributed by atoms with Gasteiger partial charge in [-0.2, -0.15) is 0 Å². The van der Waals surface area contributed by atoms with Gasteiger partial charge in [0.15, 0.2) is 0 Å². The second kappa shape index (κ2) is 4.93. The molecule has 3 fully saturated rings. The van der Waals surface area contributed by atoms with E-state index in [4.69, 9.17) is 4.42 Å². The van der Waals surface area contributed by atoms with E-state index < -0.39 is 0 Å². The molecule has 6 heterocycles. The van der Waals surface area contributed by atoms with Crippen molar-refractivity contribution in [2.75, 3.05) is 19.6 Å². The van der Waals surface area contributed by atoms with E-state index in [1.54, 1.807) is 12.4 Å². The summed E-state index contributed by atoms with van der Waals surface area (Å²) in [5.74, 6) is 2.35. The zero-order chi connectivity index (χ0) is 15.4. The molecule has 0 radical (unpaired) electrons. The van der Waals surface area contributed by atoms with Crippen LogP contribution in [0.15, 0.2) is 35.0 Å². The summed E-state index contributed by atoms with van der Waals surface area (Å²) in [5, 5.41) is 0. The molecule has 0 spiro atoms. The minimum atomic E-state index is 0.137. The quantitative estimate of drug-likeness (QED) is 0.855. The van der Waals surface area contributed by atoms with Crippen LogP contribution in [0, 0.1) is 5.92 Å². The van der Waals surface area contributed by atoms with Crippen LogP contribution in [0.3, 0.4) is 0 Å². The lowest BCUT2D eigenvalue weighted by molar-refractivity contribution is 0.00723. The largest absolute Gasteiger partial charge is 0.458 e. The van der Waals surface area contributed by atoms with Crippen molar-refractivity contribution < 1.29 is 9.21 Å². The van der Waals surface area contributed by atoms with E-state index in [0.29, 0.717) is 18.5 Å². The Morgan fingerprint density at radius 3 is 2.78 bits per heavy atom. The SMILES string of the molecule is O=C1c2cc(-c3cccnc3)oc2CN1C1CN2CCC1CC2. The number of pyridine rings is 1. The van der Waals surface area contributed by atoms with Crippen molar-refractivity contribution in [2.24, 2.45) is 5.92 Å². The summed E-state index contributed by atoms with van der Waals surface area (Å²) in [4.78, 5) is 21.5. The Balaban J connectivity index is 1.42. The molecule has 3 saturated heterocycles. The van der Waals surface area contributed by atoms with Gasteiger partial charge in [0.05, 0.1) is 12.1 Å². The van der Waals surface area contributed by atoms with E-state index in [0.717, 1.165) is 29.2 Å². The summed E-state index contributed by atoms with van der Waals surface area (Å²) in [5.41, 5.74) is 1.66. The first kappa shape index (κ1) is 13.3. The van der Waals surface area contributed by atoms with Crippen molar-refractivity contribution >= 4 is 5.91 Å². The van der Waals surface area contributed by atoms with Gasteiger partial charge in [-0.25, -0.2) is 0 Å². The monoisotopic (exact) mass is 309 g/mol. The van der Waals surface area contributed by atoms with Crippen LogP contribution in [0.25, 0.3) is 11.3 Å². The average Bonchev–Trinajstić information content (AvgIpc) is 3.16. The van der Waals surface area contributed by atoms with Gasteiger partial charge in [-0.05, 0) is 50.0 Å². The normalized spacial score (nSPS) is 29.1. The van der Waals surface area contributed by atoms with Crippen LogP contribution in [0.5, 0.6) is 0 Å². The minimum absolute atomic E-state index is 0.137. The van der Waals surface area contributed by atoms with Crippen molar-refractivity contribution in [3.63, 3.8) is 0 Å². The Morgan fingerprint density at radius 2 is 2.13 bits per heavy atom. The first-order valence-electron chi connectivity index (χ1n) is 8.36. The highest BCUT2D eigenvalue weighted by Gasteiger charge is 2.43. The number of carbonyl (C=O) groups is 1. The molecule has 0 N–H and O–H groups in total. The predicted molar refractivity (Wildman–Crippen MR) is 84.8 cm³/mol. The third-order valence-electron chi connectivity index (χ3n) is 5.58. The van der Waals surface area contributed by atoms with Gasteiger partial charge in [-0.15, -0.1) is 0 Å². The number of hydrogen-bond donors (Lipinski definition) is 0. The second-order valence-electron chi connectivity index (χ2n) is 6.83. The molecule has 5 nitrogen and oxygen atoms in total. The molecule has 0 aromatic carbocycles. The number of piperidine rings is 3. The number of furan rings is 1. The van der Waals surface area contributed by atoms with Crippen LogP contribution in [-0.2, 0) is 6.54 Å². The number of rotatable bonds is 2. The van der Waals surface area contributed by atoms with Gasteiger partial charge >= 0.3 is 0 Å². The van der Waals surface area contributed by atoms with E-state index in [1.165, 1.54) is 25.9 Å². The summed E-state index contributed by atoms with van der Waals surface area (Å²) in [6.45, 7) is 4.02. The van der Waals surface area contributed by atoms with Crippen LogP contribution in [0.4, 0.5) is 0 Å². The Labute approximate surface area is 134 Å². The maximum atomic E-state index is 12.8. The van der Waals surface area contributed by atoms with Crippen molar-refractivity contribution in [3.8, 4) is 11.3 Å². The molecule has 4 aliphatic heterocycles. The maximum absolute atomic E-state index is 12.8. The zero-order valence-electron chi connectivity index (χ0n) is 12.9. The first-order valence-corrected chi connectivity index (χ1v) is 8.36. The summed E-state index contributed by atoms with van der Waals surface area (Å²) < 4.78 is 5.97. The molecular weight excluding hydrogens is 290 g/mol. The second-order valence-corrected chi connectivity index (χ2v) is 6.83. The molecule has 6 rings (SSSR count). The van der Waals surface area contributed by atoms with Crippen LogP contribution in [0.1, 0.15) is 29.0 Å². The van der Waals surface area contributed by atoms with Crippen molar-refractivity contribution in [1.29, 1.82) is 0 Å². The van der Waals surface area contributed by atoms with Gasteiger partial charge in [0.2, 0.25) is 0 Å². The smallest absolute Gasteiger partial charge is 0.258 e. The molecule has 23 heavy (non-hydrogen) atoms. The third-order valence-corrected chi connectivity index (χ3v) is 5.58. The van der Waals surface area contributed by atoms with Crippen molar-refractivity contribution in [3.05, 3.63) is 41.9 Å². The van der Waals surface area contributed by atoms with Gasteiger partial charge in [0, 0.05) is 30.5 Å². The predicted octanol–water partition coefficient (Wildman–Crippen LogP) is 2.39. The van der Waals surface area contributed by atoms with Gasteiger partial charge in [-0.3, -0.25) is 9.78 Å². The summed E-state index contributed by atoms with van der Waals surface area (Å²) in [6.07, 6.45) is 5.94. The van der Waals surface area contributed by atoms with Gasteiger partial charge in [-0.1, -0.05) is 0 Å². The number of hydrogen-bond acceptors (Lipinski definition) is 4. The summed E-state index contributed by atoms with van der Waals surface area (Å²) in [7, 11) is 0. The van der Waals surface area contributed by atoms with E-state index >= 15 is 0 Å². The number of amides is 1. The summed E-state index contributed by atoms with van der Waals surface area (Å²) >= 11 is 0. The fourth-order valence-electron chi connectivity index (χ4n) is 4.31. The third kappa shape index (κ3) is 2.03. The number of aromatic nitrogens is 1. The molecule has 1 unspecified atom stereocenters. The molecule has 118 valence electrons. The highest BCUT2D eigenvalue weighted by Crippen LogP contribution is 2.37.